The molecule has 0 atom stereocenters. The van der Waals surface area contributed by atoms with Gasteiger partial charge in [0.1, 0.15) is 5.82 Å². The number of ether oxygens (including phenoxy) is 1. The zero-order valence-corrected chi connectivity index (χ0v) is 15.4. The number of urea groups is 1. The molecule has 0 bridgehead atoms. The highest BCUT2D eigenvalue weighted by Crippen LogP contribution is 2.18. The summed E-state index contributed by atoms with van der Waals surface area (Å²) in [6.07, 6.45) is 1.78. The zero-order chi connectivity index (χ0) is 17.6. The Bertz CT molecular complexity index is 715. The van der Waals surface area contributed by atoms with Crippen LogP contribution >= 0.6 is 11.3 Å². The highest BCUT2D eigenvalue weighted by atomic mass is 32.1. The first-order valence-corrected chi connectivity index (χ1v) is 9.18. The van der Waals surface area contributed by atoms with E-state index in [-0.39, 0.29) is 6.03 Å². The third kappa shape index (κ3) is 4.67. The summed E-state index contributed by atoms with van der Waals surface area (Å²) < 4.78 is 5.40. The molecule has 1 aliphatic rings. The lowest BCUT2D eigenvalue weighted by Crippen LogP contribution is -2.39. The molecule has 0 unspecified atom stereocenters. The summed E-state index contributed by atoms with van der Waals surface area (Å²) in [5.41, 5.74) is 1.92. The number of carbonyl (C=O) groups excluding carboxylic acids is 1. The molecule has 1 N–H and O–H groups in total. The first-order valence-electron chi connectivity index (χ1n) is 8.30. The minimum atomic E-state index is -0.123. The molecule has 0 spiro atoms. The number of nitrogens with zero attached hydrogens (tertiary/aromatic N) is 4. The summed E-state index contributed by atoms with van der Waals surface area (Å²) in [6.45, 7) is 5.96. The van der Waals surface area contributed by atoms with Gasteiger partial charge in [-0.2, -0.15) is 0 Å². The van der Waals surface area contributed by atoms with Crippen molar-refractivity contribution in [3.05, 3.63) is 40.0 Å². The van der Waals surface area contributed by atoms with Gasteiger partial charge in [-0.25, -0.2) is 14.8 Å². The Morgan fingerprint density at radius 1 is 1.44 bits per heavy atom. The van der Waals surface area contributed by atoms with E-state index >= 15 is 0 Å². The molecular weight excluding hydrogens is 338 g/mol. The molecule has 8 heteroatoms. The molecule has 3 heterocycles. The third-order valence-electron chi connectivity index (χ3n) is 4.02. The first-order chi connectivity index (χ1) is 12.1. The van der Waals surface area contributed by atoms with Gasteiger partial charge in [-0.05, 0) is 13.0 Å². The van der Waals surface area contributed by atoms with Crippen LogP contribution in [-0.4, -0.2) is 54.2 Å². The SMILES string of the molecule is Cc1nc(CN(C)C(=O)NCc2cccnc2N2CCOCC2)cs1. The number of thiazole rings is 1. The maximum atomic E-state index is 12.4. The van der Waals surface area contributed by atoms with E-state index in [4.69, 9.17) is 4.74 Å². The summed E-state index contributed by atoms with van der Waals surface area (Å²) >= 11 is 1.59. The second kappa shape index (κ2) is 8.26. The van der Waals surface area contributed by atoms with Crippen LogP contribution in [0.5, 0.6) is 0 Å². The summed E-state index contributed by atoms with van der Waals surface area (Å²) in [5.74, 6) is 0.920. The molecule has 1 aliphatic heterocycles. The van der Waals surface area contributed by atoms with Crippen molar-refractivity contribution in [1.29, 1.82) is 0 Å². The van der Waals surface area contributed by atoms with E-state index in [2.05, 4.69) is 20.2 Å². The molecule has 0 saturated carbocycles. The minimum absolute atomic E-state index is 0.123. The van der Waals surface area contributed by atoms with Crippen LogP contribution in [0, 0.1) is 6.92 Å². The summed E-state index contributed by atoms with van der Waals surface area (Å²) in [5, 5.41) is 5.96. The van der Waals surface area contributed by atoms with Crippen molar-refractivity contribution in [3.63, 3.8) is 0 Å². The standard InChI is InChI=1S/C17H23N5O2S/c1-13-20-15(12-25-13)11-21(2)17(23)19-10-14-4-3-5-18-16(14)22-6-8-24-9-7-22/h3-5,12H,6-11H2,1-2H3,(H,19,23). The highest BCUT2D eigenvalue weighted by molar-refractivity contribution is 7.09. The van der Waals surface area contributed by atoms with Gasteiger partial charge in [-0.15, -0.1) is 11.3 Å². The molecular formula is C17H23N5O2S. The Morgan fingerprint density at radius 3 is 2.96 bits per heavy atom. The van der Waals surface area contributed by atoms with Gasteiger partial charge in [0.05, 0.1) is 30.5 Å². The number of amides is 2. The second-order valence-corrected chi connectivity index (χ2v) is 7.02. The van der Waals surface area contributed by atoms with Crippen molar-refractivity contribution in [2.24, 2.45) is 0 Å². The van der Waals surface area contributed by atoms with Crippen molar-refractivity contribution in [2.45, 2.75) is 20.0 Å². The number of aryl methyl sites for hydroxylation is 1. The Labute approximate surface area is 151 Å². The van der Waals surface area contributed by atoms with Crippen LogP contribution in [0.2, 0.25) is 0 Å². The first kappa shape index (κ1) is 17.6. The Balaban J connectivity index is 1.58. The van der Waals surface area contributed by atoms with Crippen LogP contribution in [0.4, 0.5) is 10.6 Å². The average molecular weight is 361 g/mol. The Hall–Kier alpha value is -2.19. The molecule has 1 fully saturated rings. The number of anilines is 1. The molecule has 2 amide bonds. The quantitative estimate of drug-likeness (QED) is 0.882. The third-order valence-corrected chi connectivity index (χ3v) is 4.84. The fraction of sp³-hybridized carbons (Fsp3) is 0.471. The number of morpholine rings is 1. The van der Waals surface area contributed by atoms with Crippen molar-refractivity contribution < 1.29 is 9.53 Å². The van der Waals surface area contributed by atoms with E-state index in [0.717, 1.165) is 35.2 Å². The van der Waals surface area contributed by atoms with Crippen LogP contribution in [-0.2, 0) is 17.8 Å². The molecule has 1 saturated heterocycles. The predicted molar refractivity (Wildman–Crippen MR) is 97.8 cm³/mol. The van der Waals surface area contributed by atoms with Gasteiger partial charge in [-0.1, -0.05) is 6.07 Å². The average Bonchev–Trinajstić information content (AvgIpc) is 3.05. The Kier molecular flexibility index (Phi) is 5.83. The van der Waals surface area contributed by atoms with E-state index in [1.807, 2.05) is 24.4 Å². The number of hydrogen-bond acceptors (Lipinski definition) is 6. The van der Waals surface area contributed by atoms with E-state index in [0.29, 0.717) is 26.3 Å². The van der Waals surface area contributed by atoms with Gasteiger partial charge in [0, 0.05) is 43.8 Å². The Morgan fingerprint density at radius 2 is 2.24 bits per heavy atom. The topological polar surface area (TPSA) is 70.6 Å². The lowest BCUT2D eigenvalue weighted by Gasteiger charge is -2.29. The van der Waals surface area contributed by atoms with Crippen LogP contribution in [0.3, 0.4) is 0 Å². The number of hydrogen-bond donors (Lipinski definition) is 1. The van der Waals surface area contributed by atoms with Crippen LogP contribution in [0.1, 0.15) is 16.3 Å². The number of rotatable bonds is 5. The largest absolute Gasteiger partial charge is 0.378 e. The lowest BCUT2D eigenvalue weighted by molar-refractivity contribution is 0.122. The number of aromatic nitrogens is 2. The molecule has 3 rings (SSSR count). The second-order valence-electron chi connectivity index (χ2n) is 5.96. The van der Waals surface area contributed by atoms with Crippen molar-refractivity contribution >= 4 is 23.2 Å². The molecule has 7 nitrogen and oxygen atoms in total. The molecule has 0 radical (unpaired) electrons. The highest BCUT2D eigenvalue weighted by Gasteiger charge is 2.17. The fourth-order valence-electron chi connectivity index (χ4n) is 2.73. The van der Waals surface area contributed by atoms with Gasteiger partial charge in [-0.3, -0.25) is 0 Å². The summed E-state index contributed by atoms with van der Waals surface area (Å²) in [6, 6.07) is 3.78. The lowest BCUT2D eigenvalue weighted by atomic mass is 10.2. The zero-order valence-electron chi connectivity index (χ0n) is 14.6. The van der Waals surface area contributed by atoms with Crippen molar-refractivity contribution in [3.8, 4) is 0 Å². The number of carbonyl (C=O) groups is 1. The molecule has 0 aliphatic carbocycles. The van der Waals surface area contributed by atoms with Gasteiger partial charge in [0.2, 0.25) is 0 Å². The van der Waals surface area contributed by atoms with Crippen molar-refractivity contribution in [1.82, 2.24) is 20.2 Å². The van der Waals surface area contributed by atoms with Crippen LogP contribution in [0.15, 0.2) is 23.7 Å². The van der Waals surface area contributed by atoms with E-state index < -0.39 is 0 Å². The van der Waals surface area contributed by atoms with E-state index in [1.54, 1.807) is 29.5 Å². The fourth-order valence-corrected chi connectivity index (χ4v) is 3.33. The molecule has 134 valence electrons. The maximum Gasteiger partial charge on any atom is 0.317 e. The van der Waals surface area contributed by atoms with Crippen LogP contribution < -0.4 is 10.2 Å². The van der Waals surface area contributed by atoms with Crippen LogP contribution in [0.25, 0.3) is 0 Å². The molecule has 2 aromatic heterocycles. The summed E-state index contributed by atoms with van der Waals surface area (Å²) in [7, 11) is 1.77. The minimum Gasteiger partial charge on any atom is -0.378 e. The summed E-state index contributed by atoms with van der Waals surface area (Å²) in [4.78, 5) is 25.1. The molecule has 0 aromatic carbocycles. The number of nitrogens with one attached hydrogen (secondary N) is 1. The van der Waals surface area contributed by atoms with E-state index in [9.17, 15) is 4.79 Å². The predicted octanol–water partition coefficient (Wildman–Crippen LogP) is 2.02. The maximum absolute atomic E-state index is 12.4. The normalized spacial score (nSPS) is 14.4. The number of pyridine rings is 1. The van der Waals surface area contributed by atoms with Crippen molar-refractivity contribution in [2.75, 3.05) is 38.3 Å². The smallest absolute Gasteiger partial charge is 0.317 e. The monoisotopic (exact) mass is 361 g/mol. The van der Waals surface area contributed by atoms with Gasteiger partial charge in [0.15, 0.2) is 0 Å². The molecule has 25 heavy (non-hydrogen) atoms. The molecule has 2 aromatic rings. The van der Waals surface area contributed by atoms with E-state index in [1.165, 1.54) is 0 Å². The van der Waals surface area contributed by atoms with Gasteiger partial charge >= 0.3 is 6.03 Å². The van der Waals surface area contributed by atoms with Gasteiger partial charge in [0.25, 0.3) is 0 Å². The van der Waals surface area contributed by atoms with Gasteiger partial charge < -0.3 is 19.9 Å².